The average Bonchev–Trinajstić information content (AvgIpc) is 2.63. The molecular formula is C9H10N2O2. The Labute approximate surface area is 75.7 Å². The minimum atomic E-state index is -0.0567. The third kappa shape index (κ3) is 1.25. The van der Waals surface area contributed by atoms with E-state index in [1.54, 1.807) is 6.07 Å². The molecule has 4 nitrogen and oxygen atoms in total. The predicted octanol–water partition coefficient (Wildman–Crippen LogP) is 0.837. The maximum atomic E-state index is 7.42. The van der Waals surface area contributed by atoms with Crippen molar-refractivity contribution < 1.29 is 9.57 Å². The molecular weight excluding hydrogens is 168 g/mol. The van der Waals surface area contributed by atoms with Gasteiger partial charge in [-0.1, -0.05) is 12.1 Å². The van der Waals surface area contributed by atoms with Gasteiger partial charge in [0.05, 0.1) is 12.2 Å². The van der Waals surface area contributed by atoms with Crippen molar-refractivity contribution in [3.63, 3.8) is 0 Å². The molecule has 0 aromatic heterocycles. The summed E-state index contributed by atoms with van der Waals surface area (Å²) < 4.78 is 5.38. The summed E-state index contributed by atoms with van der Waals surface area (Å²) in [5.41, 5.74) is 1.73. The maximum Gasteiger partial charge on any atom is 0.241 e. The molecule has 1 aromatic rings. The van der Waals surface area contributed by atoms with Crippen LogP contribution in [0, 0.1) is 5.41 Å². The van der Waals surface area contributed by atoms with E-state index in [-0.39, 0.29) is 5.90 Å². The van der Waals surface area contributed by atoms with E-state index >= 15 is 0 Å². The fraction of sp³-hybridized carbons (Fsp3) is 0.222. The van der Waals surface area contributed by atoms with E-state index in [1.807, 2.05) is 12.1 Å². The Morgan fingerprint density at radius 1 is 1.54 bits per heavy atom. The minimum absolute atomic E-state index is 0.0567. The van der Waals surface area contributed by atoms with Crippen molar-refractivity contribution in [3.8, 4) is 5.75 Å². The number of nitrogens with two attached hydrogens (primary N) is 1. The molecule has 0 saturated heterocycles. The summed E-state index contributed by atoms with van der Waals surface area (Å²) in [7, 11) is 0. The van der Waals surface area contributed by atoms with Crippen molar-refractivity contribution in [3.05, 3.63) is 29.3 Å². The third-order valence-electron chi connectivity index (χ3n) is 2.08. The summed E-state index contributed by atoms with van der Waals surface area (Å²) in [6.07, 6.45) is 0.890. The molecule has 0 fully saturated rings. The zero-order valence-electron chi connectivity index (χ0n) is 7.04. The molecule has 3 N–H and O–H groups in total. The van der Waals surface area contributed by atoms with Crippen LogP contribution < -0.4 is 10.6 Å². The van der Waals surface area contributed by atoms with Crippen LogP contribution >= 0.6 is 0 Å². The molecule has 0 amide bonds. The van der Waals surface area contributed by atoms with E-state index < -0.39 is 0 Å². The van der Waals surface area contributed by atoms with Crippen LogP contribution in [0.1, 0.15) is 11.1 Å². The van der Waals surface area contributed by atoms with Gasteiger partial charge in [0.1, 0.15) is 5.75 Å². The minimum Gasteiger partial charge on any atom is -0.492 e. The van der Waals surface area contributed by atoms with Crippen LogP contribution in [0.4, 0.5) is 0 Å². The van der Waals surface area contributed by atoms with Gasteiger partial charge in [-0.2, -0.15) is 5.90 Å². The van der Waals surface area contributed by atoms with Gasteiger partial charge < -0.3 is 9.57 Å². The zero-order chi connectivity index (χ0) is 9.26. The lowest BCUT2D eigenvalue weighted by atomic mass is 10.1. The van der Waals surface area contributed by atoms with Crippen molar-refractivity contribution >= 4 is 5.90 Å². The molecule has 68 valence electrons. The Morgan fingerprint density at radius 2 is 2.38 bits per heavy atom. The van der Waals surface area contributed by atoms with Gasteiger partial charge >= 0.3 is 0 Å². The highest BCUT2D eigenvalue weighted by molar-refractivity contribution is 5.94. The molecule has 1 heterocycles. The molecule has 1 aliphatic rings. The van der Waals surface area contributed by atoms with E-state index in [4.69, 9.17) is 16.0 Å². The van der Waals surface area contributed by atoms with Crippen LogP contribution in [0.15, 0.2) is 18.2 Å². The normalized spacial score (nSPS) is 13.3. The summed E-state index contributed by atoms with van der Waals surface area (Å²) in [5, 5.41) is 7.42. The van der Waals surface area contributed by atoms with Gasteiger partial charge in [0.2, 0.25) is 5.90 Å². The smallest absolute Gasteiger partial charge is 0.241 e. The summed E-state index contributed by atoms with van der Waals surface area (Å²) in [5.74, 6) is 5.60. The molecule has 1 aliphatic heterocycles. The van der Waals surface area contributed by atoms with Crippen LogP contribution in [-0.4, -0.2) is 12.5 Å². The number of fused-ring (bicyclic) bond motifs is 1. The Balaban J connectivity index is 2.47. The van der Waals surface area contributed by atoms with Crippen molar-refractivity contribution in [2.24, 2.45) is 5.90 Å². The molecule has 0 aliphatic carbocycles. The SMILES string of the molecule is N=C(ON)c1cccc2c1OCC2. The molecule has 2 rings (SSSR count). The van der Waals surface area contributed by atoms with Gasteiger partial charge in [-0.05, 0) is 11.6 Å². The fourth-order valence-corrected chi connectivity index (χ4v) is 1.46. The molecule has 13 heavy (non-hydrogen) atoms. The number of hydrogen-bond acceptors (Lipinski definition) is 4. The number of para-hydroxylation sites is 1. The first-order valence-electron chi connectivity index (χ1n) is 4.03. The lowest BCUT2D eigenvalue weighted by Gasteiger charge is -2.06. The number of nitrogens with one attached hydrogen (secondary N) is 1. The van der Waals surface area contributed by atoms with Gasteiger partial charge in [-0.25, -0.2) is 0 Å². The summed E-state index contributed by atoms with van der Waals surface area (Å²) in [4.78, 5) is 4.36. The average molecular weight is 178 g/mol. The first-order valence-corrected chi connectivity index (χ1v) is 4.03. The summed E-state index contributed by atoms with van der Waals surface area (Å²) in [6.45, 7) is 0.671. The highest BCUT2D eigenvalue weighted by Crippen LogP contribution is 2.29. The maximum absolute atomic E-state index is 7.42. The Morgan fingerprint density at radius 3 is 3.15 bits per heavy atom. The van der Waals surface area contributed by atoms with Crippen LogP contribution in [0.3, 0.4) is 0 Å². The van der Waals surface area contributed by atoms with Crippen LogP contribution in [0.2, 0.25) is 0 Å². The molecule has 0 bridgehead atoms. The fourth-order valence-electron chi connectivity index (χ4n) is 1.46. The van der Waals surface area contributed by atoms with Crippen molar-refractivity contribution in [2.45, 2.75) is 6.42 Å². The predicted molar refractivity (Wildman–Crippen MR) is 47.7 cm³/mol. The molecule has 0 atom stereocenters. The highest BCUT2D eigenvalue weighted by Gasteiger charge is 2.18. The van der Waals surface area contributed by atoms with Crippen LogP contribution in [0.25, 0.3) is 0 Å². The molecule has 0 unspecified atom stereocenters. The Hall–Kier alpha value is -1.55. The van der Waals surface area contributed by atoms with E-state index in [0.29, 0.717) is 12.2 Å². The highest BCUT2D eigenvalue weighted by atomic mass is 16.6. The van der Waals surface area contributed by atoms with Crippen LogP contribution in [-0.2, 0) is 11.3 Å². The largest absolute Gasteiger partial charge is 0.492 e. The first kappa shape index (κ1) is 8.07. The molecule has 0 saturated carbocycles. The molecule has 1 aromatic carbocycles. The van der Waals surface area contributed by atoms with Crippen molar-refractivity contribution in [1.82, 2.24) is 0 Å². The zero-order valence-corrected chi connectivity index (χ0v) is 7.04. The second kappa shape index (κ2) is 3.06. The van der Waals surface area contributed by atoms with E-state index in [0.717, 1.165) is 17.7 Å². The molecule has 4 heteroatoms. The number of hydrogen-bond donors (Lipinski definition) is 2. The van der Waals surface area contributed by atoms with Gasteiger partial charge in [0.25, 0.3) is 0 Å². The standard InChI is InChI=1S/C9H10N2O2/c10-9(13-11)7-3-1-2-6-4-5-12-8(6)7/h1-3,10H,4-5,11H2. The Bertz CT molecular complexity index is 349. The van der Waals surface area contributed by atoms with Gasteiger partial charge in [-0.3, -0.25) is 5.41 Å². The molecule has 0 radical (unpaired) electrons. The number of benzene rings is 1. The van der Waals surface area contributed by atoms with E-state index in [1.165, 1.54) is 0 Å². The second-order valence-corrected chi connectivity index (χ2v) is 2.84. The number of rotatable bonds is 1. The molecule has 0 spiro atoms. The number of ether oxygens (including phenoxy) is 1. The Kier molecular flexibility index (Phi) is 1.90. The lowest BCUT2D eigenvalue weighted by Crippen LogP contribution is -2.11. The van der Waals surface area contributed by atoms with Crippen molar-refractivity contribution in [2.75, 3.05) is 6.61 Å². The van der Waals surface area contributed by atoms with Gasteiger partial charge in [-0.15, -0.1) is 0 Å². The quantitative estimate of drug-likeness (QED) is 0.380. The summed E-state index contributed by atoms with van der Waals surface area (Å²) in [6, 6.07) is 5.62. The topological polar surface area (TPSA) is 68.3 Å². The monoisotopic (exact) mass is 178 g/mol. The van der Waals surface area contributed by atoms with Gasteiger partial charge in [0.15, 0.2) is 0 Å². The van der Waals surface area contributed by atoms with Crippen molar-refractivity contribution in [1.29, 1.82) is 5.41 Å². The van der Waals surface area contributed by atoms with Gasteiger partial charge in [0, 0.05) is 6.42 Å². The van der Waals surface area contributed by atoms with E-state index in [2.05, 4.69) is 4.84 Å². The van der Waals surface area contributed by atoms with Crippen LogP contribution in [0.5, 0.6) is 5.75 Å². The van der Waals surface area contributed by atoms with E-state index in [9.17, 15) is 0 Å². The lowest BCUT2D eigenvalue weighted by molar-refractivity contribution is 0.314. The summed E-state index contributed by atoms with van der Waals surface area (Å²) >= 11 is 0. The first-order chi connectivity index (χ1) is 6.33. The second-order valence-electron chi connectivity index (χ2n) is 2.84. The third-order valence-corrected chi connectivity index (χ3v) is 2.08.